The number of rotatable bonds is 7. The Bertz CT molecular complexity index is 788. The number of hydrogen-bond donors (Lipinski definition) is 2. The second kappa shape index (κ2) is 8.64. The van der Waals surface area contributed by atoms with Gasteiger partial charge in [0.15, 0.2) is 0 Å². The van der Waals surface area contributed by atoms with E-state index in [9.17, 15) is 8.42 Å². The molecule has 2 aromatic rings. The molecule has 0 aliphatic carbocycles. The highest BCUT2D eigenvalue weighted by Gasteiger charge is 2.26. The van der Waals surface area contributed by atoms with Gasteiger partial charge in [0.2, 0.25) is 10.0 Å². The number of hydrogen-bond acceptors (Lipinski definition) is 4. The predicted molar refractivity (Wildman–Crippen MR) is 98.9 cm³/mol. The standard InChI is InChI=1S/C19H24N2O4S/c1-24-17-7-9-18(10-8-17)26(22,23)20-19(16-5-3-2-4-6-16)15-21-11-13-25-14-12-21/h2-10,19-20H,11-15H2,1H3/p+1/t19-/m0/s1. The van der Waals surface area contributed by atoms with E-state index in [0.29, 0.717) is 25.5 Å². The van der Waals surface area contributed by atoms with Crippen LogP contribution in [0.1, 0.15) is 11.6 Å². The van der Waals surface area contributed by atoms with E-state index in [4.69, 9.17) is 9.47 Å². The second-order valence-electron chi connectivity index (χ2n) is 6.33. The molecule has 0 amide bonds. The Morgan fingerprint density at radius 2 is 1.73 bits per heavy atom. The molecule has 0 saturated carbocycles. The van der Waals surface area contributed by atoms with Crippen molar-refractivity contribution < 1.29 is 22.8 Å². The molecule has 1 aliphatic rings. The third kappa shape index (κ3) is 4.82. The quantitative estimate of drug-likeness (QED) is 0.743. The normalized spacial score (nSPS) is 17.0. The molecule has 3 rings (SSSR count). The lowest BCUT2D eigenvalue weighted by molar-refractivity contribution is -0.909. The van der Waals surface area contributed by atoms with Crippen LogP contribution in [0.4, 0.5) is 0 Å². The summed E-state index contributed by atoms with van der Waals surface area (Å²) in [6.07, 6.45) is 0. The number of quaternary nitrogens is 1. The second-order valence-corrected chi connectivity index (χ2v) is 8.04. The summed E-state index contributed by atoms with van der Waals surface area (Å²) < 4.78 is 39.1. The lowest BCUT2D eigenvalue weighted by Crippen LogP contribution is -3.14. The van der Waals surface area contributed by atoms with Crippen LogP contribution in [0.25, 0.3) is 0 Å². The molecule has 0 spiro atoms. The highest BCUT2D eigenvalue weighted by molar-refractivity contribution is 7.89. The van der Waals surface area contributed by atoms with E-state index in [1.54, 1.807) is 31.4 Å². The van der Waals surface area contributed by atoms with Gasteiger partial charge in [-0.25, -0.2) is 8.42 Å². The first-order chi connectivity index (χ1) is 12.6. The minimum absolute atomic E-state index is 0.233. The minimum atomic E-state index is -3.63. The van der Waals surface area contributed by atoms with Crippen LogP contribution < -0.4 is 14.4 Å². The van der Waals surface area contributed by atoms with Crippen molar-refractivity contribution >= 4 is 10.0 Å². The van der Waals surface area contributed by atoms with E-state index in [2.05, 4.69) is 4.72 Å². The van der Waals surface area contributed by atoms with Crippen molar-refractivity contribution in [2.24, 2.45) is 0 Å². The zero-order valence-corrected chi connectivity index (χ0v) is 15.7. The summed E-state index contributed by atoms with van der Waals surface area (Å²) in [5, 5.41) is 0. The van der Waals surface area contributed by atoms with Crippen LogP contribution in [0.15, 0.2) is 59.5 Å². The summed E-state index contributed by atoms with van der Waals surface area (Å²) in [7, 11) is -2.08. The van der Waals surface area contributed by atoms with Crippen molar-refractivity contribution in [3.63, 3.8) is 0 Å². The fourth-order valence-corrected chi connectivity index (χ4v) is 4.30. The molecule has 0 unspecified atom stereocenters. The van der Waals surface area contributed by atoms with E-state index < -0.39 is 10.0 Å². The van der Waals surface area contributed by atoms with Crippen LogP contribution in [0.5, 0.6) is 5.75 Å². The average molecular weight is 377 g/mol. The fraction of sp³-hybridized carbons (Fsp3) is 0.368. The molecule has 140 valence electrons. The summed E-state index contributed by atoms with van der Waals surface area (Å²) in [4.78, 5) is 1.57. The lowest BCUT2D eigenvalue weighted by Gasteiger charge is -2.28. The number of nitrogens with one attached hydrogen (secondary N) is 2. The summed E-state index contributed by atoms with van der Waals surface area (Å²) in [6.45, 7) is 3.87. The Morgan fingerprint density at radius 3 is 2.35 bits per heavy atom. The maximum atomic E-state index is 12.9. The molecule has 2 aromatic carbocycles. The van der Waals surface area contributed by atoms with Crippen molar-refractivity contribution in [3.05, 3.63) is 60.2 Å². The van der Waals surface area contributed by atoms with Gasteiger partial charge in [-0.05, 0) is 29.8 Å². The van der Waals surface area contributed by atoms with Crippen LogP contribution in [-0.4, -0.2) is 48.4 Å². The lowest BCUT2D eigenvalue weighted by atomic mass is 10.1. The van der Waals surface area contributed by atoms with Crippen molar-refractivity contribution in [2.75, 3.05) is 40.0 Å². The van der Waals surface area contributed by atoms with Crippen LogP contribution in [0.3, 0.4) is 0 Å². The van der Waals surface area contributed by atoms with Gasteiger partial charge in [0, 0.05) is 0 Å². The number of morpholine rings is 1. The van der Waals surface area contributed by atoms with Gasteiger partial charge in [0.1, 0.15) is 18.8 Å². The fourth-order valence-electron chi connectivity index (χ4n) is 3.08. The van der Waals surface area contributed by atoms with Gasteiger partial charge in [-0.1, -0.05) is 30.3 Å². The largest absolute Gasteiger partial charge is 0.497 e. The molecule has 26 heavy (non-hydrogen) atoms. The Hall–Kier alpha value is -1.93. The van der Waals surface area contributed by atoms with E-state index >= 15 is 0 Å². The molecule has 6 nitrogen and oxygen atoms in total. The van der Waals surface area contributed by atoms with Gasteiger partial charge in [0.05, 0.1) is 37.8 Å². The zero-order valence-electron chi connectivity index (χ0n) is 14.9. The minimum Gasteiger partial charge on any atom is -0.497 e. The van der Waals surface area contributed by atoms with Crippen LogP contribution in [-0.2, 0) is 14.8 Å². The van der Waals surface area contributed by atoms with E-state index in [0.717, 1.165) is 18.7 Å². The molecule has 0 aromatic heterocycles. The Kier molecular flexibility index (Phi) is 6.26. The maximum absolute atomic E-state index is 12.9. The van der Waals surface area contributed by atoms with Crippen molar-refractivity contribution in [1.82, 2.24) is 4.72 Å². The first kappa shape index (κ1) is 18.8. The molecular formula is C19H25N2O4S+. The first-order valence-electron chi connectivity index (χ1n) is 8.71. The third-order valence-electron chi connectivity index (χ3n) is 4.56. The van der Waals surface area contributed by atoms with E-state index in [1.165, 1.54) is 4.90 Å². The molecule has 0 radical (unpaired) electrons. The number of sulfonamides is 1. The molecule has 2 N–H and O–H groups in total. The highest BCUT2D eigenvalue weighted by Crippen LogP contribution is 2.19. The van der Waals surface area contributed by atoms with Crippen LogP contribution in [0, 0.1) is 0 Å². The predicted octanol–water partition coefficient (Wildman–Crippen LogP) is 0.630. The summed E-state index contributed by atoms with van der Waals surface area (Å²) in [5.41, 5.74) is 0.962. The summed E-state index contributed by atoms with van der Waals surface area (Å²) >= 11 is 0. The number of ether oxygens (including phenoxy) is 2. The van der Waals surface area contributed by atoms with Crippen LogP contribution >= 0.6 is 0 Å². The highest BCUT2D eigenvalue weighted by atomic mass is 32.2. The number of methoxy groups -OCH3 is 1. The Labute approximate surface area is 154 Å². The molecule has 1 fully saturated rings. The van der Waals surface area contributed by atoms with Gasteiger partial charge in [-0.2, -0.15) is 4.72 Å². The van der Waals surface area contributed by atoms with Gasteiger partial charge >= 0.3 is 0 Å². The van der Waals surface area contributed by atoms with Crippen molar-refractivity contribution in [1.29, 1.82) is 0 Å². The summed E-state index contributed by atoms with van der Waals surface area (Å²) in [6, 6.07) is 15.8. The van der Waals surface area contributed by atoms with Gasteiger partial charge in [-0.15, -0.1) is 0 Å². The number of benzene rings is 2. The molecule has 1 saturated heterocycles. The molecule has 1 aliphatic heterocycles. The van der Waals surface area contributed by atoms with E-state index in [1.807, 2.05) is 30.3 Å². The van der Waals surface area contributed by atoms with Gasteiger partial charge in [-0.3, -0.25) is 0 Å². The average Bonchev–Trinajstić information content (AvgIpc) is 2.69. The topological polar surface area (TPSA) is 69.1 Å². The van der Waals surface area contributed by atoms with E-state index in [-0.39, 0.29) is 10.9 Å². The van der Waals surface area contributed by atoms with Crippen LogP contribution in [0.2, 0.25) is 0 Å². The molecule has 1 atom stereocenters. The molecular weight excluding hydrogens is 352 g/mol. The van der Waals surface area contributed by atoms with Crippen molar-refractivity contribution in [3.8, 4) is 5.75 Å². The Balaban J connectivity index is 1.81. The zero-order chi connectivity index (χ0) is 18.4. The van der Waals surface area contributed by atoms with Gasteiger partial charge in [0.25, 0.3) is 0 Å². The molecule has 0 bridgehead atoms. The van der Waals surface area contributed by atoms with Crippen molar-refractivity contribution in [2.45, 2.75) is 10.9 Å². The maximum Gasteiger partial charge on any atom is 0.241 e. The SMILES string of the molecule is COc1ccc(S(=O)(=O)N[C@@H](C[NH+]2CCOCC2)c2ccccc2)cc1. The third-order valence-corrected chi connectivity index (χ3v) is 6.05. The molecule has 1 heterocycles. The summed E-state index contributed by atoms with van der Waals surface area (Å²) in [5.74, 6) is 0.626. The first-order valence-corrected chi connectivity index (χ1v) is 10.2. The smallest absolute Gasteiger partial charge is 0.241 e. The van der Waals surface area contributed by atoms with Gasteiger partial charge < -0.3 is 14.4 Å². The molecule has 7 heteroatoms. The Morgan fingerprint density at radius 1 is 1.08 bits per heavy atom. The monoisotopic (exact) mass is 377 g/mol.